The first kappa shape index (κ1) is 16.1. The predicted molar refractivity (Wildman–Crippen MR) is 89.7 cm³/mol. The number of aliphatic imine (C=N–C) groups is 1. The normalized spacial score (nSPS) is 33.1. The Bertz CT molecular complexity index is 594. The summed E-state index contributed by atoms with van der Waals surface area (Å²) in [5, 5.41) is 0.697. The van der Waals surface area contributed by atoms with Crippen molar-refractivity contribution in [1.29, 1.82) is 0 Å². The van der Waals surface area contributed by atoms with Crippen molar-refractivity contribution in [3.63, 3.8) is 0 Å². The van der Waals surface area contributed by atoms with Gasteiger partial charge in [0.1, 0.15) is 0 Å². The third-order valence-corrected chi connectivity index (χ3v) is 7.91. The number of amidine groups is 1. The van der Waals surface area contributed by atoms with Crippen LogP contribution < -0.4 is 0 Å². The van der Waals surface area contributed by atoms with Crippen molar-refractivity contribution >= 4 is 32.7 Å². The summed E-state index contributed by atoms with van der Waals surface area (Å²) in [5.74, 6) is 0.373. The average molecular weight is 342 g/mol. The summed E-state index contributed by atoms with van der Waals surface area (Å²) in [4.78, 5) is 18.7. The molecule has 0 radical (unpaired) electrons. The van der Waals surface area contributed by atoms with Crippen LogP contribution in [-0.2, 0) is 14.6 Å². The van der Waals surface area contributed by atoms with Crippen molar-refractivity contribution in [1.82, 2.24) is 4.90 Å². The largest absolute Gasteiger partial charge is 0.342 e. The maximum absolute atomic E-state index is 12.4. The van der Waals surface area contributed by atoms with Crippen LogP contribution >= 0.6 is 11.8 Å². The average Bonchev–Trinajstić information content (AvgIpc) is 2.93. The fourth-order valence-electron chi connectivity index (χ4n) is 3.52. The van der Waals surface area contributed by atoms with Crippen LogP contribution in [0.2, 0.25) is 0 Å². The number of nitrogens with zero attached hydrogens (tertiary/aromatic N) is 2. The van der Waals surface area contributed by atoms with E-state index >= 15 is 0 Å². The molecule has 0 N–H and O–H groups in total. The minimum atomic E-state index is -2.97. The van der Waals surface area contributed by atoms with Crippen LogP contribution in [0.1, 0.15) is 32.1 Å². The van der Waals surface area contributed by atoms with E-state index in [1.165, 1.54) is 18.2 Å². The molecule has 5 nitrogen and oxygen atoms in total. The van der Waals surface area contributed by atoms with E-state index in [1.807, 2.05) is 4.90 Å². The van der Waals surface area contributed by atoms with E-state index in [2.05, 4.69) is 11.6 Å². The summed E-state index contributed by atoms with van der Waals surface area (Å²) in [6, 6.07) is -0.0640. The van der Waals surface area contributed by atoms with Crippen LogP contribution in [0.5, 0.6) is 0 Å². The topological polar surface area (TPSA) is 66.8 Å². The zero-order chi connectivity index (χ0) is 15.7. The lowest BCUT2D eigenvalue weighted by Gasteiger charge is -2.23. The van der Waals surface area contributed by atoms with E-state index in [-0.39, 0.29) is 34.6 Å². The highest BCUT2D eigenvalue weighted by molar-refractivity contribution is 8.15. The first-order valence-electron chi connectivity index (χ1n) is 7.87. The van der Waals surface area contributed by atoms with Crippen LogP contribution in [0.15, 0.2) is 17.6 Å². The SMILES string of the molecule is C=CCN1C(=NC(=O)C2CCCCC2)S[C@@H]2CS(=O)(=O)C[C@H]21. The third kappa shape index (κ3) is 3.25. The summed E-state index contributed by atoms with van der Waals surface area (Å²) >= 11 is 1.45. The van der Waals surface area contributed by atoms with Crippen LogP contribution in [0, 0.1) is 5.92 Å². The lowest BCUT2D eigenvalue weighted by Crippen LogP contribution is -2.37. The number of thioether (sulfide) groups is 1. The lowest BCUT2D eigenvalue weighted by molar-refractivity contribution is -0.122. The zero-order valence-corrected chi connectivity index (χ0v) is 14.2. The standard InChI is InChI=1S/C15H22N2O3S2/c1-2-8-17-12-9-22(19,20)10-13(12)21-15(17)16-14(18)11-6-4-3-5-7-11/h2,11-13H,1,3-10H2/t12-,13-/m1/s1. The number of hydrogen-bond donors (Lipinski definition) is 0. The molecule has 2 heterocycles. The molecule has 2 saturated heterocycles. The van der Waals surface area contributed by atoms with Crippen LogP contribution in [-0.4, -0.2) is 53.7 Å². The number of fused-ring (bicyclic) bond motifs is 1. The zero-order valence-electron chi connectivity index (χ0n) is 12.6. The number of amides is 1. The Morgan fingerprint density at radius 2 is 2.05 bits per heavy atom. The molecular weight excluding hydrogens is 320 g/mol. The molecule has 3 fully saturated rings. The van der Waals surface area contributed by atoms with E-state index in [9.17, 15) is 13.2 Å². The summed E-state index contributed by atoms with van der Waals surface area (Å²) in [6.07, 6.45) is 7.03. The van der Waals surface area contributed by atoms with Crippen molar-refractivity contribution < 1.29 is 13.2 Å². The number of sulfone groups is 1. The Morgan fingerprint density at radius 1 is 1.32 bits per heavy atom. The molecule has 1 amide bonds. The number of hydrogen-bond acceptors (Lipinski definition) is 4. The second-order valence-electron chi connectivity index (χ2n) is 6.31. The number of rotatable bonds is 3. The molecule has 2 atom stereocenters. The Hall–Kier alpha value is -0.820. The predicted octanol–water partition coefficient (Wildman–Crippen LogP) is 1.85. The Labute approximate surface area is 136 Å². The van der Waals surface area contributed by atoms with Gasteiger partial charge < -0.3 is 4.90 Å². The lowest BCUT2D eigenvalue weighted by atomic mass is 9.89. The van der Waals surface area contributed by atoms with E-state index in [1.54, 1.807) is 6.08 Å². The summed E-state index contributed by atoms with van der Waals surface area (Å²) < 4.78 is 23.6. The molecule has 0 aromatic heterocycles. The highest BCUT2D eigenvalue weighted by atomic mass is 32.2. The molecule has 3 rings (SSSR count). The molecule has 3 aliphatic rings. The molecule has 0 spiro atoms. The van der Waals surface area contributed by atoms with Gasteiger partial charge in [0.2, 0.25) is 0 Å². The Kier molecular flexibility index (Phi) is 4.64. The maximum atomic E-state index is 12.4. The molecule has 7 heteroatoms. The molecule has 0 aromatic rings. The summed E-state index contributed by atoms with van der Waals surface area (Å²) in [6.45, 7) is 4.28. The monoisotopic (exact) mass is 342 g/mol. The fraction of sp³-hybridized carbons (Fsp3) is 0.733. The molecule has 22 heavy (non-hydrogen) atoms. The van der Waals surface area contributed by atoms with Crippen molar-refractivity contribution in [2.24, 2.45) is 10.9 Å². The maximum Gasteiger partial charge on any atom is 0.251 e. The highest BCUT2D eigenvalue weighted by Gasteiger charge is 2.48. The van der Waals surface area contributed by atoms with Gasteiger partial charge in [-0.2, -0.15) is 4.99 Å². The smallest absolute Gasteiger partial charge is 0.251 e. The van der Waals surface area contributed by atoms with E-state index in [4.69, 9.17) is 0 Å². The molecule has 1 aliphatic carbocycles. The third-order valence-electron chi connectivity index (χ3n) is 4.66. The van der Waals surface area contributed by atoms with E-state index in [0.717, 1.165) is 25.7 Å². The van der Waals surface area contributed by atoms with Gasteiger partial charge in [0, 0.05) is 17.7 Å². The minimum Gasteiger partial charge on any atom is -0.342 e. The number of carbonyl (C=O) groups excluding carboxylic acids is 1. The van der Waals surface area contributed by atoms with Gasteiger partial charge >= 0.3 is 0 Å². The first-order chi connectivity index (χ1) is 10.5. The van der Waals surface area contributed by atoms with Gasteiger partial charge in [-0.3, -0.25) is 4.79 Å². The van der Waals surface area contributed by atoms with Gasteiger partial charge in [0.15, 0.2) is 15.0 Å². The van der Waals surface area contributed by atoms with Crippen molar-refractivity contribution in [2.45, 2.75) is 43.4 Å². The second kappa shape index (κ2) is 6.35. The van der Waals surface area contributed by atoms with Crippen LogP contribution in [0.25, 0.3) is 0 Å². The van der Waals surface area contributed by atoms with Gasteiger partial charge in [-0.1, -0.05) is 37.1 Å². The summed E-state index contributed by atoms with van der Waals surface area (Å²) in [7, 11) is -2.97. The quantitative estimate of drug-likeness (QED) is 0.732. The van der Waals surface area contributed by atoms with Gasteiger partial charge in [-0.05, 0) is 12.8 Å². The van der Waals surface area contributed by atoms with Crippen molar-refractivity contribution in [2.75, 3.05) is 18.1 Å². The molecule has 1 saturated carbocycles. The molecule has 0 aromatic carbocycles. The van der Waals surface area contributed by atoms with Gasteiger partial charge in [0.05, 0.1) is 17.5 Å². The van der Waals surface area contributed by atoms with Gasteiger partial charge in [0.25, 0.3) is 5.91 Å². The second-order valence-corrected chi connectivity index (χ2v) is 9.67. The van der Waals surface area contributed by atoms with Crippen LogP contribution in [0.3, 0.4) is 0 Å². The van der Waals surface area contributed by atoms with Gasteiger partial charge in [-0.25, -0.2) is 8.42 Å². The molecule has 0 unspecified atom stereocenters. The molecule has 122 valence electrons. The van der Waals surface area contributed by atoms with E-state index in [0.29, 0.717) is 11.7 Å². The molecule has 0 bridgehead atoms. The van der Waals surface area contributed by atoms with Crippen molar-refractivity contribution in [3.05, 3.63) is 12.7 Å². The van der Waals surface area contributed by atoms with Crippen molar-refractivity contribution in [3.8, 4) is 0 Å². The Morgan fingerprint density at radius 3 is 2.73 bits per heavy atom. The van der Waals surface area contributed by atoms with Gasteiger partial charge in [-0.15, -0.1) is 6.58 Å². The fourth-order valence-corrected chi connectivity index (χ4v) is 7.49. The number of carbonyl (C=O) groups is 1. The first-order valence-corrected chi connectivity index (χ1v) is 10.6. The van der Waals surface area contributed by atoms with E-state index < -0.39 is 9.84 Å². The highest BCUT2D eigenvalue weighted by Crippen LogP contribution is 2.38. The summed E-state index contributed by atoms with van der Waals surface area (Å²) in [5.41, 5.74) is 0. The Balaban J connectivity index is 1.76. The molecule has 2 aliphatic heterocycles. The minimum absolute atomic E-state index is 0.00264. The molecular formula is C15H22N2O3S2. The van der Waals surface area contributed by atoms with Crippen LogP contribution in [0.4, 0.5) is 0 Å².